The van der Waals surface area contributed by atoms with Crippen LogP contribution in [0, 0.1) is 0 Å². The zero-order valence-corrected chi connectivity index (χ0v) is 23.8. The Morgan fingerprint density at radius 2 is 1.14 bits per heavy atom. The van der Waals surface area contributed by atoms with Crippen LogP contribution in [0.25, 0.3) is 0 Å². The van der Waals surface area contributed by atoms with Crippen molar-refractivity contribution in [3.8, 4) is 0 Å². The van der Waals surface area contributed by atoms with Gasteiger partial charge < -0.3 is 24.2 Å². The summed E-state index contributed by atoms with van der Waals surface area (Å²) < 4.78 is 29.1. The molecule has 0 aliphatic heterocycles. The van der Waals surface area contributed by atoms with Gasteiger partial charge in [0.1, 0.15) is 0 Å². The lowest BCUT2D eigenvalue weighted by atomic mass is 10.0. The van der Waals surface area contributed by atoms with Gasteiger partial charge in [0.2, 0.25) is 0 Å². The summed E-state index contributed by atoms with van der Waals surface area (Å²) in [4.78, 5) is 10.5. The first-order valence-corrected chi connectivity index (χ1v) is 16.2. The molecule has 0 saturated carbocycles. The van der Waals surface area contributed by atoms with Gasteiger partial charge in [-0.2, -0.15) is 0 Å². The van der Waals surface area contributed by atoms with E-state index in [2.05, 4.69) is 12.2 Å². The van der Waals surface area contributed by atoms with Crippen molar-refractivity contribution >= 4 is 13.7 Å². The molecule has 0 fully saturated rings. The van der Waals surface area contributed by atoms with Crippen LogP contribution in [0.5, 0.6) is 0 Å². The largest absolute Gasteiger partial charge is 0.465 e. The molecule has 0 saturated heterocycles. The Kier molecular flexibility index (Phi) is 26.0. The minimum Gasteiger partial charge on any atom is -0.465 e. The van der Waals surface area contributed by atoms with Gasteiger partial charge >= 0.3 is 13.7 Å². The quantitative estimate of drug-likeness (QED) is 0.0791. The summed E-state index contributed by atoms with van der Waals surface area (Å²) in [5.74, 6) is 0. The molecular weight excluding hydrogens is 465 g/mol. The van der Waals surface area contributed by atoms with Gasteiger partial charge in [-0.05, 0) is 26.2 Å². The van der Waals surface area contributed by atoms with Crippen molar-refractivity contribution in [2.45, 2.75) is 129 Å². The number of amides is 1. The van der Waals surface area contributed by atoms with E-state index in [1.165, 1.54) is 96.3 Å². The lowest BCUT2D eigenvalue weighted by Gasteiger charge is -2.17. The first kappa shape index (κ1) is 34.4. The molecule has 0 bridgehead atoms. The molecule has 0 aliphatic rings. The number of ether oxygens (including phenoxy) is 1. The van der Waals surface area contributed by atoms with Crippen LogP contribution in [-0.4, -0.2) is 50.3 Å². The highest BCUT2D eigenvalue weighted by atomic mass is 31.2. The number of carbonyl (C=O) groups is 1. The summed E-state index contributed by atoms with van der Waals surface area (Å²) >= 11 is 0. The van der Waals surface area contributed by atoms with Crippen molar-refractivity contribution in [3.05, 3.63) is 0 Å². The number of carboxylic acid groups (broad SMARTS) is 1. The van der Waals surface area contributed by atoms with Crippen molar-refractivity contribution < 1.29 is 28.3 Å². The summed E-state index contributed by atoms with van der Waals surface area (Å²) in [5, 5.41) is 10.8. The molecule has 0 heterocycles. The fourth-order valence-electron chi connectivity index (χ4n) is 4.05. The molecule has 0 aliphatic carbocycles. The normalized spacial score (nSPS) is 13.1. The number of hydrogen-bond donors (Lipinski definition) is 2. The smallest absolute Gasteiger partial charge is 0.404 e. The predicted molar refractivity (Wildman–Crippen MR) is 146 cm³/mol. The van der Waals surface area contributed by atoms with Gasteiger partial charge in [0.25, 0.3) is 0 Å². The van der Waals surface area contributed by atoms with Crippen LogP contribution in [0.3, 0.4) is 0 Å². The van der Waals surface area contributed by atoms with Gasteiger partial charge in [-0.25, -0.2) is 4.79 Å². The highest BCUT2D eigenvalue weighted by molar-refractivity contribution is 7.53. The lowest BCUT2D eigenvalue weighted by Crippen LogP contribution is -2.22. The Morgan fingerprint density at radius 1 is 0.657 bits per heavy atom. The van der Waals surface area contributed by atoms with Gasteiger partial charge in [-0.3, -0.25) is 4.57 Å². The molecule has 0 aromatic heterocycles. The molecule has 1 unspecified atom stereocenters. The Hall–Kier alpha value is -0.620. The molecule has 0 radical (unpaired) electrons. The predicted octanol–water partition coefficient (Wildman–Crippen LogP) is 8.56. The molecule has 2 N–H and O–H groups in total. The highest BCUT2D eigenvalue weighted by Crippen LogP contribution is 2.48. The van der Waals surface area contributed by atoms with E-state index in [0.29, 0.717) is 32.7 Å². The van der Waals surface area contributed by atoms with E-state index in [1.807, 2.05) is 0 Å². The minimum absolute atomic E-state index is 0.209. The molecule has 7 nitrogen and oxygen atoms in total. The average Bonchev–Trinajstić information content (AvgIpc) is 2.83. The monoisotopic (exact) mass is 521 g/mol. The summed E-state index contributed by atoms with van der Waals surface area (Å²) in [6.45, 7) is 6.26. The number of hydrogen-bond acceptors (Lipinski definition) is 5. The van der Waals surface area contributed by atoms with E-state index in [1.54, 1.807) is 6.92 Å². The molecule has 1 amide bonds. The maximum absolute atomic E-state index is 12.6. The van der Waals surface area contributed by atoms with Gasteiger partial charge in [0.05, 0.1) is 19.4 Å². The SMILES string of the molecule is CCCCCCCCCCCCCCCCCCOCCCOP(=O)(CCCNC(=O)O)OCC. The van der Waals surface area contributed by atoms with Crippen molar-refractivity contribution in [2.75, 3.05) is 39.1 Å². The summed E-state index contributed by atoms with van der Waals surface area (Å²) in [6.07, 6.45) is 22.0. The fourth-order valence-corrected chi connectivity index (χ4v) is 5.73. The van der Waals surface area contributed by atoms with Gasteiger partial charge in [-0.15, -0.1) is 0 Å². The second-order valence-electron chi connectivity index (χ2n) is 9.44. The standard InChI is InChI=1S/C27H56NO6P/c1-3-5-6-7-8-9-10-11-12-13-14-15-16-17-18-19-23-32-24-21-25-34-35(31,33-4-2)26-20-22-28-27(29)30/h28H,3-26H2,1-2H3,(H,29,30). The van der Waals surface area contributed by atoms with E-state index in [0.717, 1.165) is 13.0 Å². The van der Waals surface area contributed by atoms with Gasteiger partial charge in [0, 0.05) is 19.8 Å². The Balaban J connectivity index is 3.38. The minimum atomic E-state index is -3.16. The van der Waals surface area contributed by atoms with Crippen molar-refractivity contribution in [2.24, 2.45) is 0 Å². The number of unbranched alkanes of at least 4 members (excludes halogenated alkanes) is 15. The second-order valence-corrected chi connectivity index (χ2v) is 11.6. The highest BCUT2D eigenvalue weighted by Gasteiger charge is 2.23. The molecule has 35 heavy (non-hydrogen) atoms. The second kappa shape index (κ2) is 26.4. The molecule has 1 atom stereocenters. The molecule has 0 spiro atoms. The van der Waals surface area contributed by atoms with Crippen LogP contribution in [0.2, 0.25) is 0 Å². The maximum atomic E-state index is 12.6. The van der Waals surface area contributed by atoms with Gasteiger partial charge in [0.15, 0.2) is 0 Å². The van der Waals surface area contributed by atoms with E-state index < -0.39 is 13.7 Å². The molecular formula is C27H56NO6P. The van der Waals surface area contributed by atoms with E-state index >= 15 is 0 Å². The molecule has 0 aromatic rings. The van der Waals surface area contributed by atoms with Crippen LogP contribution in [0.1, 0.15) is 129 Å². The first-order chi connectivity index (χ1) is 17.0. The van der Waals surface area contributed by atoms with Crippen LogP contribution >= 0.6 is 7.60 Å². The molecule has 210 valence electrons. The Morgan fingerprint density at radius 3 is 1.63 bits per heavy atom. The lowest BCUT2D eigenvalue weighted by molar-refractivity contribution is 0.111. The molecule has 0 rings (SSSR count). The average molecular weight is 522 g/mol. The topological polar surface area (TPSA) is 94.1 Å². The van der Waals surface area contributed by atoms with Crippen LogP contribution in [0.15, 0.2) is 0 Å². The van der Waals surface area contributed by atoms with E-state index in [4.69, 9.17) is 18.9 Å². The summed E-state index contributed by atoms with van der Waals surface area (Å²) in [5.41, 5.74) is 0. The van der Waals surface area contributed by atoms with Crippen molar-refractivity contribution in [1.82, 2.24) is 5.32 Å². The van der Waals surface area contributed by atoms with Crippen LogP contribution < -0.4 is 5.32 Å². The third kappa shape index (κ3) is 26.3. The third-order valence-corrected chi connectivity index (χ3v) is 8.17. The number of rotatable bonds is 28. The van der Waals surface area contributed by atoms with E-state index in [-0.39, 0.29) is 12.7 Å². The third-order valence-electron chi connectivity index (χ3n) is 6.07. The van der Waals surface area contributed by atoms with Crippen molar-refractivity contribution in [1.29, 1.82) is 0 Å². The Bertz CT molecular complexity index is 506. The van der Waals surface area contributed by atoms with Crippen LogP contribution in [-0.2, 0) is 18.3 Å². The van der Waals surface area contributed by atoms with E-state index in [9.17, 15) is 9.36 Å². The Labute approximate surface area is 216 Å². The molecule has 0 aromatic carbocycles. The molecule has 8 heteroatoms. The zero-order valence-electron chi connectivity index (χ0n) is 22.9. The summed E-state index contributed by atoms with van der Waals surface area (Å²) in [6, 6.07) is 0. The maximum Gasteiger partial charge on any atom is 0.404 e. The fraction of sp³-hybridized carbons (Fsp3) is 0.963. The number of nitrogens with one attached hydrogen (secondary N) is 1. The zero-order chi connectivity index (χ0) is 25.9. The first-order valence-electron chi connectivity index (χ1n) is 14.5. The van der Waals surface area contributed by atoms with Crippen LogP contribution in [0.4, 0.5) is 4.79 Å². The summed E-state index contributed by atoms with van der Waals surface area (Å²) in [7, 11) is -3.16. The van der Waals surface area contributed by atoms with Gasteiger partial charge in [-0.1, -0.05) is 103 Å². The van der Waals surface area contributed by atoms with Crippen molar-refractivity contribution in [3.63, 3.8) is 0 Å².